The Balaban J connectivity index is 1.85. The number of hydrogen-bond donors (Lipinski definition) is 3. The van der Waals surface area contributed by atoms with Crippen molar-refractivity contribution in [2.75, 3.05) is 6.61 Å². The second-order valence-electron chi connectivity index (χ2n) is 9.48. The minimum absolute atomic E-state index is 0.0144. The number of aliphatic hydroxyl groups excluding tert-OH is 2. The topological polar surface area (TPSA) is 130 Å². The first-order chi connectivity index (χ1) is 13.0. The van der Waals surface area contributed by atoms with Gasteiger partial charge in [0.1, 0.15) is 18.8 Å². The van der Waals surface area contributed by atoms with Gasteiger partial charge in [0.25, 0.3) is 0 Å². The van der Waals surface area contributed by atoms with Gasteiger partial charge in [-0.2, -0.15) is 0 Å². The van der Waals surface area contributed by atoms with Crippen LogP contribution in [0.4, 0.5) is 0 Å². The molecule has 2 saturated carbocycles. The fraction of sp³-hybridized carbons (Fsp3) is 0.750. The molecule has 0 amide bonds. The highest BCUT2D eigenvalue weighted by molar-refractivity contribution is 5.96. The third-order valence-corrected chi connectivity index (χ3v) is 8.58. The zero-order valence-corrected chi connectivity index (χ0v) is 15.9. The van der Waals surface area contributed by atoms with E-state index >= 15 is 0 Å². The Bertz CT molecular complexity index is 849. The van der Waals surface area contributed by atoms with E-state index in [1.807, 2.05) is 0 Å². The summed E-state index contributed by atoms with van der Waals surface area (Å²) in [6.45, 7) is 4.89. The van der Waals surface area contributed by atoms with Crippen LogP contribution < -0.4 is 0 Å². The number of ketones is 1. The molecule has 0 radical (unpaired) electrons. The summed E-state index contributed by atoms with van der Waals surface area (Å²) in [4.78, 5) is 37.7. The predicted molar refractivity (Wildman–Crippen MR) is 91.4 cm³/mol. The molecule has 5 aliphatic rings. The van der Waals surface area contributed by atoms with Crippen molar-refractivity contribution in [1.29, 1.82) is 0 Å². The number of ether oxygens (including phenoxy) is 2. The molecule has 2 heterocycles. The number of carbonyl (C=O) groups excluding carboxylic acids is 3. The van der Waals surface area contributed by atoms with E-state index in [0.717, 1.165) is 0 Å². The summed E-state index contributed by atoms with van der Waals surface area (Å²) in [5, 5.41) is 34.0. The summed E-state index contributed by atoms with van der Waals surface area (Å²) in [5.74, 6) is -4.59. The Morgan fingerprint density at radius 3 is 2.57 bits per heavy atom. The third-order valence-electron chi connectivity index (χ3n) is 8.58. The van der Waals surface area contributed by atoms with Gasteiger partial charge in [-0.15, -0.1) is 0 Å². The van der Waals surface area contributed by atoms with E-state index in [0.29, 0.717) is 5.57 Å². The second-order valence-corrected chi connectivity index (χ2v) is 9.48. The van der Waals surface area contributed by atoms with Gasteiger partial charge in [-0.05, 0) is 18.9 Å². The van der Waals surface area contributed by atoms with Gasteiger partial charge in [-0.3, -0.25) is 9.59 Å². The van der Waals surface area contributed by atoms with Crippen LogP contribution in [-0.4, -0.2) is 63.6 Å². The normalized spacial score (nSPS) is 57.0. The molecule has 8 nitrogen and oxygen atoms in total. The van der Waals surface area contributed by atoms with Crippen LogP contribution in [0.15, 0.2) is 11.6 Å². The summed E-state index contributed by atoms with van der Waals surface area (Å²) >= 11 is 0. The number of rotatable bonds is 0. The molecule has 4 fully saturated rings. The first kappa shape index (κ1) is 18.3. The van der Waals surface area contributed by atoms with Crippen molar-refractivity contribution in [2.45, 2.75) is 51.1 Å². The first-order valence-electron chi connectivity index (χ1n) is 9.69. The van der Waals surface area contributed by atoms with Gasteiger partial charge in [0.05, 0.1) is 11.5 Å². The molecule has 0 aromatic carbocycles. The Hall–Kier alpha value is -1.77. The minimum Gasteiger partial charge on any atom is -0.463 e. The number of cyclic esters (lactones) is 1. The van der Waals surface area contributed by atoms with E-state index in [2.05, 4.69) is 0 Å². The lowest BCUT2D eigenvalue weighted by molar-refractivity contribution is -0.292. The van der Waals surface area contributed by atoms with E-state index in [9.17, 15) is 29.7 Å². The first-order valence-corrected chi connectivity index (χ1v) is 9.69. The molecule has 3 aliphatic carbocycles. The average molecular weight is 392 g/mol. The molecular formula is C20H24O8. The summed E-state index contributed by atoms with van der Waals surface area (Å²) in [5.41, 5.74) is -3.82. The van der Waals surface area contributed by atoms with Crippen LogP contribution in [0, 0.1) is 34.5 Å². The zero-order valence-electron chi connectivity index (χ0n) is 15.9. The molecule has 8 heteroatoms. The summed E-state index contributed by atoms with van der Waals surface area (Å²) in [6, 6.07) is 0. The third kappa shape index (κ3) is 1.61. The maximum absolute atomic E-state index is 12.8. The highest BCUT2D eigenvalue weighted by atomic mass is 16.6. The number of carbonyl (C=O) groups is 3. The van der Waals surface area contributed by atoms with E-state index in [1.165, 1.54) is 6.08 Å². The molecule has 5 rings (SSSR count). The molecule has 2 bridgehead atoms. The van der Waals surface area contributed by atoms with E-state index in [1.54, 1.807) is 20.8 Å². The summed E-state index contributed by atoms with van der Waals surface area (Å²) in [6.07, 6.45) is -2.41. The number of fused-ring (bicyclic) bond motifs is 1. The summed E-state index contributed by atoms with van der Waals surface area (Å²) < 4.78 is 11.0. The van der Waals surface area contributed by atoms with Gasteiger partial charge >= 0.3 is 11.9 Å². The number of hydrogen-bond acceptors (Lipinski definition) is 8. The molecule has 0 aromatic heterocycles. The lowest BCUT2D eigenvalue weighted by atomic mass is 9.42. The van der Waals surface area contributed by atoms with Crippen LogP contribution in [0.2, 0.25) is 0 Å². The van der Waals surface area contributed by atoms with Crippen molar-refractivity contribution in [1.82, 2.24) is 0 Å². The van der Waals surface area contributed by atoms with Crippen LogP contribution >= 0.6 is 0 Å². The van der Waals surface area contributed by atoms with Crippen molar-refractivity contribution in [3.63, 3.8) is 0 Å². The minimum atomic E-state index is -1.98. The lowest BCUT2D eigenvalue weighted by Gasteiger charge is -2.65. The average Bonchev–Trinajstić information content (AvgIpc) is 2.78. The van der Waals surface area contributed by atoms with E-state index < -0.39 is 76.1 Å². The SMILES string of the molecule is CC1=CC(=O)[C@@H](O)[C@]2(C)[C@H]3[C@@]4(O)C(=O)OC[C@@]35[C@H](OC(=O)C[C@H]5[C@H]4C)[C@H](O)[C@H]12. The Morgan fingerprint density at radius 1 is 1.21 bits per heavy atom. The fourth-order valence-electron chi connectivity index (χ4n) is 7.71. The second kappa shape index (κ2) is 5.04. The number of aliphatic hydroxyl groups is 3. The molecule has 0 unspecified atom stereocenters. The molecular weight excluding hydrogens is 368 g/mol. The van der Waals surface area contributed by atoms with Gasteiger partial charge in [-0.25, -0.2) is 4.79 Å². The quantitative estimate of drug-likeness (QED) is 0.464. The van der Waals surface area contributed by atoms with Gasteiger partial charge < -0.3 is 24.8 Å². The van der Waals surface area contributed by atoms with Gasteiger partial charge in [0.2, 0.25) is 0 Å². The van der Waals surface area contributed by atoms with Gasteiger partial charge in [-0.1, -0.05) is 19.4 Å². The van der Waals surface area contributed by atoms with Gasteiger partial charge in [0, 0.05) is 29.6 Å². The molecule has 152 valence electrons. The van der Waals surface area contributed by atoms with Crippen molar-refractivity contribution in [3.05, 3.63) is 11.6 Å². The van der Waals surface area contributed by atoms with Crippen molar-refractivity contribution < 1.29 is 39.2 Å². The standard InChI is InChI=1S/C20H24O8/c1-7-4-10(21)14(24)18(3)12(7)13(23)15-19-6-27-17(25)20(26,16(18)19)8(2)9(19)5-11(22)28-15/h4,8-9,12-16,23-24,26H,5-6H2,1-3H3/t8-,9+,12+,13-,14-,15-,16-,18-,19-,20-/m1/s1. The molecule has 0 aromatic rings. The molecule has 2 saturated heterocycles. The maximum Gasteiger partial charge on any atom is 0.338 e. The monoisotopic (exact) mass is 392 g/mol. The van der Waals surface area contributed by atoms with Crippen molar-refractivity contribution in [2.24, 2.45) is 34.5 Å². The maximum atomic E-state index is 12.8. The molecule has 1 spiro atoms. The van der Waals surface area contributed by atoms with Crippen LogP contribution in [-0.2, 0) is 23.9 Å². The largest absolute Gasteiger partial charge is 0.463 e. The zero-order chi connectivity index (χ0) is 20.4. The fourth-order valence-corrected chi connectivity index (χ4v) is 7.71. The van der Waals surface area contributed by atoms with Crippen molar-refractivity contribution >= 4 is 17.7 Å². The van der Waals surface area contributed by atoms with E-state index in [-0.39, 0.29) is 13.0 Å². The van der Waals surface area contributed by atoms with Crippen LogP contribution in [0.5, 0.6) is 0 Å². The highest BCUT2D eigenvalue weighted by Gasteiger charge is 2.85. The van der Waals surface area contributed by atoms with Crippen LogP contribution in [0.3, 0.4) is 0 Å². The Labute approximate surface area is 161 Å². The number of esters is 2. The Kier molecular flexibility index (Phi) is 3.29. The van der Waals surface area contributed by atoms with Crippen molar-refractivity contribution in [3.8, 4) is 0 Å². The molecule has 3 N–H and O–H groups in total. The highest BCUT2D eigenvalue weighted by Crippen LogP contribution is 2.74. The Morgan fingerprint density at radius 2 is 1.89 bits per heavy atom. The smallest absolute Gasteiger partial charge is 0.338 e. The molecule has 2 aliphatic heterocycles. The van der Waals surface area contributed by atoms with Gasteiger partial charge in [0.15, 0.2) is 11.4 Å². The molecule has 10 atom stereocenters. The van der Waals surface area contributed by atoms with Crippen LogP contribution in [0.25, 0.3) is 0 Å². The lowest BCUT2D eigenvalue weighted by Crippen LogP contribution is -2.76. The van der Waals surface area contributed by atoms with Crippen LogP contribution in [0.1, 0.15) is 27.2 Å². The predicted octanol–water partition coefficient (Wildman–Crippen LogP) is -0.655. The van der Waals surface area contributed by atoms with E-state index in [4.69, 9.17) is 9.47 Å². The summed E-state index contributed by atoms with van der Waals surface area (Å²) in [7, 11) is 0. The molecule has 28 heavy (non-hydrogen) atoms.